The number of nitrogens with zero attached hydrogens (tertiary/aromatic N) is 4. The highest BCUT2D eigenvalue weighted by molar-refractivity contribution is 6.05. The molecular weight excluding hydrogens is 416 g/mol. The molecule has 1 saturated carbocycles. The van der Waals surface area contributed by atoms with Crippen molar-refractivity contribution in [2.45, 2.75) is 57.6 Å². The fraction of sp³-hybridized carbons (Fsp3) is 0.560. The van der Waals surface area contributed by atoms with E-state index in [2.05, 4.69) is 39.6 Å². The molecule has 2 aromatic heterocycles. The van der Waals surface area contributed by atoms with Gasteiger partial charge >= 0.3 is 0 Å². The van der Waals surface area contributed by atoms with E-state index in [1.54, 1.807) is 0 Å². The van der Waals surface area contributed by atoms with E-state index >= 15 is 0 Å². The van der Waals surface area contributed by atoms with E-state index in [1.807, 2.05) is 16.8 Å². The van der Waals surface area contributed by atoms with Crippen molar-refractivity contribution in [1.82, 2.24) is 19.9 Å². The van der Waals surface area contributed by atoms with Crippen LogP contribution in [0.4, 0.5) is 11.6 Å². The molecule has 176 valence electrons. The van der Waals surface area contributed by atoms with Crippen molar-refractivity contribution in [3.05, 3.63) is 34.7 Å². The Kier molecular flexibility index (Phi) is 6.46. The van der Waals surface area contributed by atoms with Crippen LogP contribution in [0.15, 0.2) is 29.2 Å². The Labute approximate surface area is 194 Å². The lowest BCUT2D eigenvalue weighted by atomic mass is 9.92. The average molecular weight is 451 g/mol. The lowest BCUT2D eigenvalue weighted by Crippen LogP contribution is -2.43. The number of anilines is 2. The van der Waals surface area contributed by atoms with E-state index < -0.39 is 0 Å². The third-order valence-electron chi connectivity index (χ3n) is 7.07. The van der Waals surface area contributed by atoms with Crippen LogP contribution in [0.1, 0.15) is 51.5 Å². The molecule has 2 aliphatic rings. The standard InChI is InChI=1S/C25H34N6O2/c1-2-3-10-27-25-28-16-22-20-9-6-18(30-13-11-26-12-14-30)15-21(20)24(33)31(23(22)29-25)17-4-7-19(32)8-5-17/h6,9,15-17,19,26,32H,2-5,7-8,10-14H2,1H3,(H,27,28,29)/t17-,19-. The van der Waals surface area contributed by atoms with Crippen LogP contribution >= 0.6 is 0 Å². The van der Waals surface area contributed by atoms with Gasteiger partial charge in [-0.05, 0) is 49.6 Å². The van der Waals surface area contributed by atoms with Crippen LogP contribution in [-0.4, -0.2) is 58.5 Å². The Morgan fingerprint density at radius 2 is 1.91 bits per heavy atom. The number of hydrogen-bond acceptors (Lipinski definition) is 7. The number of pyridine rings is 1. The van der Waals surface area contributed by atoms with Gasteiger partial charge in [0.1, 0.15) is 5.65 Å². The second kappa shape index (κ2) is 9.65. The van der Waals surface area contributed by atoms with Gasteiger partial charge in [0.15, 0.2) is 0 Å². The Morgan fingerprint density at radius 3 is 2.67 bits per heavy atom. The molecule has 1 aliphatic carbocycles. The van der Waals surface area contributed by atoms with Crippen LogP contribution in [0.2, 0.25) is 0 Å². The van der Waals surface area contributed by atoms with Crippen molar-refractivity contribution in [2.75, 3.05) is 42.9 Å². The molecule has 0 spiro atoms. The Morgan fingerprint density at radius 1 is 1.12 bits per heavy atom. The summed E-state index contributed by atoms with van der Waals surface area (Å²) in [4.78, 5) is 25.6. The molecule has 3 heterocycles. The summed E-state index contributed by atoms with van der Waals surface area (Å²) in [7, 11) is 0. The van der Waals surface area contributed by atoms with Crippen LogP contribution in [-0.2, 0) is 0 Å². The number of benzene rings is 1. The molecular formula is C25H34N6O2. The molecule has 0 unspecified atom stereocenters. The number of aromatic nitrogens is 3. The van der Waals surface area contributed by atoms with Gasteiger partial charge in [-0.3, -0.25) is 9.36 Å². The van der Waals surface area contributed by atoms with Gasteiger partial charge in [0.25, 0.3) is 5.56 Å². The van der Waals surface area contributed by atoms with E-state index in [1.165, 1.54) is 0 Å². The van der Waals surface area contributed by atoms with Crippen LogP contribution < -0.4 is 21.1 Å². The third-order valence-corrected chi connectivity index (χ3v) is 7.07. The maximum atomic E-state index is 13.9. The maximum absolute atomic E-state index is 13.9. The largest absolute Gasteiger partial charge is 0.393 e. The molecule has 5 rings (SSSR count). The number of aliphatic hydroxyl groups is 1. The lowest BCUT2D eigenvalue weighted by molar-refractivity contribution is 0.111. The molecule has 0 radical (unpaired) electrons. The van der Waals surface area contributed by atoms with Gasteiger partial charge in [-0.2, -0.15) is 4.98 Å². The zero-order valence-electron chi connectivity index (χ0n) is 19.4. The summed E-state index contributed by atoms with van der Waals surface area (Å²) in [5, 5.41) is 19.3. The first-order chi connectivity index (χ1) is 16.2. The first-order valence-corrected chi connectivity index (χ1v) is 12.4. The molecule has 1 aromatic carbocycles. The van der Waals surface area contributed by atoms with Crippen molar-refractivity contribution in [2.24, 2.45) is 0 Å². The predicted octanol–water partition coefficient (Wildman–Crippen LogP) is 3.04. The van der Waals surface area contributed by atoms with Crippen molar-refractivity contribution < 1.29 is 5.11 Å². The Balaban J connectivity index is 1.65. The second-order valence-electron chi connectivity index (χ2n) is 9.32. The maximum Gasteiger partial charge on any atom is 0.260 e. The number of fused-ring (bicyclic) bond motifs is 3. The van der Waals surface area contributed by atoms with E-state index in [4.69, 9.17) is 4.98 Å². The summed E-state index contributed by atoms with van der Waals surface area (Å²) in [5.74, 6) is 0.566. The third kappa shape index (κ3) is 4.42. The monoisotopic (exact) mass is 450 g/mol. The molecule has 33 heavy (non-hydrogen) atoms. The van der Waals surface area contributed by atoms with Gasteiger partial charge in [0.05, 0.1) is 11.5 Å². The first kappa shape index (κ1) is 22.1. The molecule has 0 bridgehead atoms. The minimum atomic E-state index is -0.274. The van der Waals surface area contributed by atoms with Gasteiger partial charge in [-0.1, -0.05) is 19.4 Å². The summed E-state index contributed by atoms with van der Waals surface area (Å²) < 4.78 is 1.89. The molecule has 3 aromatic rings. The summed E-state index contributed by atoms with van der Waals surface area (Å²) in [6.45, 7) is 6.73. The number of aliphatic hydroxyl groups excluding tert-OH is 1. The summed E-state index contributed by atoms with van der Waals surface area (Å²) in [5.41, 5.74) is 1.79. The van der Waals surface area contributed by atoms with Gasteiger partial charge in [-0.25, -0.2) is 4.98 Å². The Hall–Kier alpha value is -2.71. The quantitative estimate of drug-likeness (QED) is 0.392. The number of piperazine rings is 1. The van der Waals surface area contributed by atoms with E-state index in [-0.39, 0.29) is 17.7 Å². The van der Waals surface area contributed by atoms with Crippen LogP contribution in [0.3, 0.4) is 0 Å². The topological polar surface area (TPSA) is 95.3 Å². The SMILES string of the molecule is CCCCNc1ncc2c3ccc(N4CCNCC4)cc3c(=O)n([C@H]3CC[C@H](O)CC3)c2n1. The van der Waals surface area contributed by atoms with Gasteiger partial charge in [-0.15, -0.1) is 0 Å². The molecule has 1 saturated heterocycles. The Bertz CT molecular complexity index is 1180. The summed E-state index contributed by atoms with van der Waals surface area (Å²) >= 11 is 0. The molecule has 8 heteroatoms. The lowest BCUT2D eigenvalue weighted by Gasteiger charge is -2.30. The highest BCUT2D eigenvalue weighted by Gasteiger charge is 2.25. The number of nitrogens with one attached hydrogen (secondary N) is 2. The fourth-order valence-corrected chi connectivity index (χ4v) is 5.15. The van der Waals surface area contributed by atoms with E-state index in [0.717, 1.165) is 80.3 Å². The molecule has 8 nitrogen and oxygen atoms in total. The van der Waals surface area contributed by atoms with Crippen molar-refractivity contribution >= 4 is 33.4 Å². The number of unbranched alkanes of at least 4 members (excludes halogenated alkanes) is 1. The van der Waals surface area contributed by atoms with Crippen LogP contribution in [0.25, 0.3) is 21.8 Å². The van der Waals surface area contributed by atoms with Crippen LogP contribution in [0, 0.1) is 0 Å². The highest BCUT2D eigenvalue weighted by Crippen LogP contribution is 2.33. The zero-order chi connectivity index (χ0) is 22.8. The average Bonchev–Trinajstić information content (AvgIpc) is 2.86. The summed E-state index contributed by atoms with van der Waals surface area (Å²) in [6.07, 6.45) is 6.70. The second-order valence-corrected chi connectivity index (χ2v) is 9.32. The number of hydrogen-bond donors (Lipinski definition) is 3. The minimum Gasteiger partial charge on any atom is -0.393 e. The summed E-state index contributed by atoms with van der Waals surface area (Å²) in [6, 6.07) is 6.25. The molecule has 0 amide bonds. The van der Waals surface area contributed by atoms with Crippen molar-refractivity contribution in [1.29, 1.82) is 0 Å². The molecule has 0 atom stereocenters. The molecule has 2 fully saturated rings. The van der Waals surface area contributed by atoms with Gasteiger partial charge < -0.3 is 20.6 Å². The van der Waals surface area contributed by atoms with Crippen molar-refractivity contribution in [3.8, 4) is 0 Å². The van der Waals surface area contributed by atoms with Crippen LogP contribution in [0.5, 0.6) is 0 Å². The van der Waals surface area contributed by atoms with Gasteiger partial charge in [0, 0.05) is 56.0 Å². The number of rotatable bonds is 6. The molecule has 1 aliphatic heterocycles. The fourth-order valence-electron chi connectivity index (χ4n) is 5.15. The minimum absolute atomic E-state index is 0.00841. The zero-order valence-corrected chi connectivity index (χ0v) is 19.4. The van der Waals surface area contributed by atoms with E-state index in [9.17, 15) is 9.90 Å². The predicted molar refractivity (Wildman–Crippen MR) is 133 cm³/mol. The van der Waals surface area contributed by atoms with E-state index in [0.29, 0.717) is 24.4 Å². The first-order valence-electron chi connectivity index (χ1n) is 12.4. The molecule has 3 N–H and O–H groups in total. The normalized spacial score (nSPS) is 21.6. The highest BCUT2D eigenvalue weighted by atomic mass is 16.3. The smallest absolute Gasteiger partial charge is 0.260 e. The van der Waals surface area contributed by atoms with Gasteiger partial charge in [0.2, 0.25) is 5.95 Å². The van der Waals surface area contributed by atoms with Crippen molar-refractivity contribution in [3.63, 3.8) is 0 Å².